The third kappa shape index (κ3) is 3.79. The summed E-state index contributed by atoms with van der Waals surface area (Å²) in [5, 5.41) is 3.60. The molecule has 0 radical (unpaired) electrons. The Balaban J connectivity index is 2.30. The van der Waals surface area contributed by atoms with Crippen molar-refractivity contribution in [2.45, 2.75) is 13.3 Å². The molecule has 0 saturated heterocycles. The number of carbonyl (C=O) groups is 1. The number of nitrogens with two attached hydrogens (primary N) is 1. The van der Waals surface area contributed by atoms with Crippen molar-refractivity contribution in [3.8, 4) is 0 Å². The third-order valence-corrected chi connectivity index (χ3v) is 3.82. The number of nitrogens with zero attached hydrogens (tertiary/aromatic N) is 1. The van der Waals surface area contributed by atoms with Gasteiger partial charge in [-0.3, -0.25) is 4.79 Å². The molecule has 1 amide bonds. The Morgan fingerprint density at radius 2 is 1.81 bits per heavy atom. The lowest BCUT2D eigenvalue weighted by Crippen LogP contribution is -2.13. The van der Waals surface area contributed by atoms with Gasteiger partial charge in [0, 0.05) is 11.3 Å². The van der Waals surface area contributed by atoms with E-state index >= 15 is 0 Å². The van der Waals surface area contributed by atoms with Crippen molar-refractivity contribution in [1.82, 2.24) is 4.98 Å². The number of amides is 1. The van der Waals surface area contributed by atoms with Crippen LogP contribution in [0, 0.1) is 0 Å². The van der Waals surface area contributed by atoms with Crippen LogP contribution in [-0.4, -0.2) is 10.9 Å². The van der Waals surface area contributed by atoms with E-state index < -0.39 is 0 Å². The van der Waals surface area contributed by atoms with Gasteiger partial charge in [0.1, 0.15) is 5.82 Å². The zero-order chi connectivity index (χ0) is 15.6. The molecule has 7 heteroatoms. The Morgan fingerprint density at radius 3 is 2.48 bits per heavy atom. The summed E-state index contributed by atoms with van der Waals surface area (Å²) in [6.07, 6.45) is 0.679. The van der Waals surface area contributed by atoms with Crippen molar-refractivity contribution in [3.63, 3.8) is 0 Å². The highest BCUT2D eigenvalue weighted by atomic mass is 35.5. The second kappa shape index (κ2) is 6.52. The maximum atomic E-state index is 12.3. The van der Waals surface area contributed by atoms with E-state index in [0.717, 1.165) is 5.69 Å². The molecule has 0 saturated carbocycles. The van der Waals surface area contributed by atoms with Crippen LogP contribution in [0.2, 0.25) is 15.1 Å². The van der Waals surface area contributed by atoms with Crippen molar-refractivity contribution >= 4 is 52.2 Å². The van der Waals surface area contributed by atoms with Crippen molar-refractivity contribution in [2.75, 3.05) is 11.1 Å². The van der Waals surface area contributed by atoms with Gasteiger partial charge in [-0.15, -0.1) is 0 Å². The fraction of sp³-hybridized carbons (Fsp3) is 0.143. The van der Waals surface area contributed by atoms with Crippen LogP contribution in [0.15, 0.2) is 24.3 Å². The van der Waals surface area contributed by atoms with Gasteiger partial charge in [0.05, 0.1) is 20.8 Å². The normalized spacial score (nSPS) is 10.5. The number of aromatic nitrogens is 1. The Kier molecular flexibility index (Phi) is 4.93. The van der Waals surface area contributed by atoms with Crippen LogP contribution in [-0.2, 0) is 6.42 Å². The minimum Gasteiger partial charge on any atom is -0.384 e. The molecule has 0 atom stereocenters. The zero-order valence-electron chi connectivity index (χ0n) is 11.1. The predicted molar refractivity (Wildman–Crippen MR) is 87.5 cm³/mol. The number of anilines is 2. The fourth-order valence-corrected chi connectivity index (χ4v) is 2.33. The van der Waals surface area contributed by atoms with Crippen LogP contribution in [0.1, 0.15) is 23.0 Å². The number of rotatable bonds is 3. The fourth-order valence-electron chi connectivity index (χ4n) is 1.74. The van der Waals surface area contributed by atoms with Crippen LogP contribution in [0.3, 0.4) is 0 Å². The van der Waals surface area contributed by atoms with E-state index in [1.54, 1.807) is 6.07 Å². The molecule has 3 N–H and O–H groups in total. The molecule has 1 aromatic heterocycles. The third-order valence-electron chi connectivity index (χ3n) is 2.78. The van der Waals surface area contributed by atoms with Gasteiger partial charge in [0.2, 0.25) is 0 Å². The van der Waals surface area contributed by atoms with Crippen LogP contribution in [0.5, 0.6) is 0 Å². The molecule has 0 unspecified atom stereocenters. The summed E-state index contributed by atoms with van der Waals surface area (Å²) in [6.45, 7) is 1.93. The van der Waals surface area contributed by atoms with Gasteiger partial charge in [0.15, 0.2) is 0 Å². The van der Waals surface area contributed by atoms with Crippen molar-refractivity contribution in [2.24, 2.45) is 0 Å². The largest absolute Gasteiger partial charge is 0.384 e. The Bertz CT molecular complexity index is 704. The summed E-state index contributed by atoms with van der Waals surface area (Å²) in [6, 6.07) is 6.14. The summed E-state index contributed by atoms with van der Waals surface area (Å²) in [5.41, 5.74) is 7.20. The summed E-state index contributed by atoms with van der Waals surface area (Å²) < 4.78 is 0. The highest BCUT2D eigenvalue weighted by Gasteiger charge is 2.12. The molecule has 1 heterocycles. The number of nitrogen functional groups attached to an aromatic ring is 1. The maximum Gasteiger partial charge on any atom is 0.255 e. The smallest absolute Gasteiger partial charge is 0.255 e. The standard InChI is InChI=1S/C14H12Cl3N3O/c1-2-8-3-7(4-13(18)19-8)14(21)20-12-6-10(16)9(15)5-11(12)17/h3-6H,2H2,1H3,(H2,18,19)(H,20,21). The van der Waals surface area contributed by atoms with E-state index in [9.17, 15) is 4.79 Å². The molecular formula is C14H12Cl3N3O. The number of pyridine rings is 1. The predicted octanol–water partition coefficient (Wildman–Crippen LogP) is 4.44. The van der Waals surface area contributed by atoms with Crippen LogP contribution >= 0.6 is 34.8 Å². The molecule has 0 spiro atoms. The summed E-state index contributed by atoms with van der Waals surface area (Å²) in [4.78, 5) is 16.4. The monoisotopic (exact) mass is 343 g/mol. The first-order valence-corrected chi connectivity index (χ1v) is 7.26. The van der Waals surface area contributed by atoms with Crippen molar-refractivity contribution < 1.29 is 4.79 Å². The molecule has 21 heavy (non-hydrogen) atoms. The molecule has 4 nitrogen and oxygen atoms in total. The van der Waals surface area contributed by atoms with E-state index in [-0.39, 0.29) is 5.91 Å². The SMILES string of the molecule is CCc1cc(C(=O)Nc2cc(Cl)c(Cl)cc2Cl)cc(N)n1. The van der Waals surface area contributed by atoms with Gasteiger partial charge in [-0.2, -0.15) is 0 Å². The number of hydrogen-bond acceptors (Lipinski definition) is 3. The van der Waals surface area contributed by atoms with Gasteiger partial charge in [0.25, 0.3) is 5.91 Å². The molecule has 110 valence electrons. The van der Waals surface area contributed by atoms with Gasteiger partial charge >= 0.3 is 0 Å². The Hall–Kier alpha value is -1.49. The average molecular weight is 345 g/mol. The lowest BCUT2D eigenvalue weighted by molar-refractivity contribution is 0.102. The zero-order valence-corrected chi connectivity index (χ0v) is 13.4. The average Bonchev–Trinajstić information content (AvgIpc) is 2.43. The van der Waals surface area contributed by atoms with Crippen molar-refractivity contribution in [1.29, 1.82) is 0 Å². The van der Waals surface area contributed by atoms with Crippen LogP contribution < -0.4 is 11.1 Å². The van der Waals surface area contributed by atoms with Crippen LogP contribution in [0.25, 0.3) is 0 Å². The Labute approximate surface area is 137 Å². The van der Waals surface area contributed by atoms with E-state index in [1.807, 2.05) is 6.92 Å². The molecule has 2 aromatic rings. The topological polar surface area (TPSA) is 68.0 Å². The number of carbonyl (C=O) groups excluding carboxylic acids is 1. The highest BCUT2D eigenvalue weighted by Crippen LogP contribution is 2.32. The summed E-state index contributed by atoms with van der Waals surface area (Å²) in [7, 11) is 0. The van der Waals surface area contributed by atoms with Crippen LogP contribution in [0.4, 0.5) is 11.5 Å². The molecule has 0 aliphatic heterocycles. The first kappa shape index (κ1) is 15.9. The number of nitrogens with one attached hydrogen (secondary N) is 1. The van der Waals surface area contributed by atoms with Crippen molar-refractivity contribution in [3.05, 3.63) is 50.6 Å². The van der Waals surface area contributed by atoms with E-state index in [0.29, 0.717) is 38.6 Å². The molecule has 0 aliphatic carbocycles. The van der Waals surface area contributed by atoms with Gasteiger partial charge in [-0.25, -0.2) is 4.98 Å². The minimum atomic E-state index is -0.348. The first-order chi connectivity index (χ1) is 9.90. The minimum absolute atomic E-state index is 0.291. The van der Waals surface area contributed by atoms with Gasteiger partial charge < -0.3 is 11.1 Å². The molecule has 0 bridgehead atoms. The molecule has 1 aromatic carbocycles. The lowest BCUT2D eigenvalue weighted by atomic mass is 10.1. The number of hydrogen-bond donors (Lipinski definition) is 2. The maximum absolute atomic E-state index is 12.3. The van der Waals surface area contributed by atoms with E-state index in [4.69, 9.17) is 40.5 Å². The second-order valence-corrected chi connectivity index (χ2v) is 5.55. The molecule has 0 fully saturated rings. The first-order valence-electron chi connectivity index (χ1n) is 6.13. The summed E-state index contributed by atoms with van der Waals surface area (Å²) in [5.74, 6) is -0.0566. The number of halogens is 3. The highest BCUT2D eigenvalue weighted by molar-refractivity contribution is 6.44. The number of aryl methyl sites for hydroxylation is 1. The van der Waals surface area contributed by atoms with E-state index in [1.165, 1.54) is 18.2 Å². The summed E-state index contributed by atoms with van der Waals surface area (Å²) >= 11 is 17.8. The molecule has 0 aliphatic rings. The lowest BCUT2D eigenvalue weighted by Gasteiger charge is -2.10. The van der Waals surface area contributed by atoms with Gasteiger partial charge in [-0.1, -0.05) is 41.7 Å². The molecule has 2 rings (SSSR count). The second-order valence-electron chi connectivity index (χ2n) is 4.33. The number of benzene rings is 1. The Morgan fingerprint density at radius 1 is 1.14 bits per heavy atom. The molecular weight excluding hydrogens is 333 g/mol. The van der Waals surface area contributed by atoms with Gasteiger partial charge in [-0.05, 0) is 30.7 Å². The van der Waals surface area contributed by atoms with E-state index in [2.05, 4.69) is 10.3 Å². The quantitative estimate of drug-likeness (QED) is 0.809.